The molecule has 2 aromatic rings. The SMILES string of the molecule is Cc1cc(Nc2cc(F)cc([N+](=O)[O-])c2)ccc1Br. The number of nitrogens with one attached hydrogen (secondary N) is 1. The summed E-state index contributed by atoms with van der Waals surface area (Å²) in [6, 6.07) is 8.91. The molecule has 0 saturated heterocycles. The molecule has 0 heterocycles. The van der Waals surface area contributed by atoms with Crippen LogP contribution in [-0.4, -0.2) is 4.92 Å². The number of benzene rings is 2. The first-order chi connectivity index (χ1) is 8.95. The van der Waals surface area contributed by atoms with Crippen molar-refractivity contribution in [2.45, 2.75) is 6.92 Å². The third kappa shape index (κ3) is 3.29. The van der Waals surface area contributed by atoms with Crippen LogP contribution in [0.2, 0.25) is 0 Å². The molecule has 1 N–H and O–H groups in total. The second-order valence-electron chi connectivity index (χ2n) is 4.04. The zero-order chi connectivity index (χ0) is 14.0. The van der Waals surface area contributed by atoms with E-state index < -0.39 is 10.7 Å². The van der Waals surface area contributed by atoms with Crippen molar-refractivity contribution in [1.82, 2.24) is 0 Å². The highest BCUT2D eigenvalue weighted by molar-refractivity contribution is 9.10. The van der Waals surface area contributed by atoms with E-state index in [1.54, 1.807) is 6.07 Å². The van der Waals surface area contributed by atoms with Crippen molar-refractivity contribution in [3.05, 3.63) is 62.4 Å². The van der Waals surface area contributed by atoms with Crippen LogP contribution in [0.15, 0.2) is 40.9 Å². The van der Waals surface area contributed by atoms with Gasteiger partial charge < -0.3 is 5.32 Å². The van der Waals surface area contributed by atoms with Gasteiger partial charge in [-0.3, -0.25) is 10.1 Å². The maximum atomic E-state index is 13.3. The van der Waals surface area contributed by atoms with Gasteiger partial charge in [-0.05, 0) is 36.8 Å². The molecule has 0 saturated carbocycles. The van der Waals surface area contributed by atoms with Crippen molar-refractivity contribution >= 4 is 33.0 Å². The van der Waals surface area contributed by atoms with Crippen molar-refractivity contribution in [1.29, 1.82) is 0 Å². The zero-order valence-corrected chi connectivity index (χ0v) is 11.6. The molecule has 2 rings (SSSR count). The van der Waals surface area contributed by atoms with Gasteiger partial charge in [0.15, 0.2) is 0 Å². The molecule has 6 heteroatoms. The Labute approximate surface area is 117 Å². The fourth-order valence-electron chi connectivity index (χ4n) is 1.64. The molecule has 0 radical (unpaired) electrons. The molecule has 19 heavy (non-hydrogen) atoms. The third-order valence-corrected chi connectivity index (χ3v) is 3.43. The van der Waals surface area contributed by atoms with Crippen LogP contribution < -0.4 is 5.32 Å². The van der Waals surface area contributed by atoms with Gasteiger partial charge in [0.05, 0.1) is 11.0 Å². The van der Waals surface area contributed by atoms with Gasteiger partial charge in [0, 0.05) is 21.9 Å². The highest BCUT2D eigenvalue weighted by Crippen LogP contribution is 2.26. The summed E-state index contributed by atoms with van der Waals surface area (Å²) in [5, 5.41) is 13.6. The molecule has 0 fully saturated rings. The Morgan fingerprint density at radius 1 is 1.21 bits per heavy atom. The Balaban J connectivity index is 2.32. The lowest BCUT2D eigenvalue weighted by molar-refractivity contribution is -0.385. The summed E-state index contributed by atoms with van der Waals surface area (Å²) in [5.41, 5.74) is 1.81. The van der Waals surface area contributed by atoms with Gasteiger partial charge in [0.1, 0.15) is 5.82 Å². The van der Waals surface area contributed by atoms with Crippen molar-refractivity contribution in [2.75, 3.05) is 5.32 Å². The molecule has 0 atom stereocenters. The maximum Gasteiger partial charge on any atom is 0.274 e. The van der Waals surface area contributed by atoms with Crippen LogP contribution in [0.25, 0.3) is 0 Å². The lowest BCUT2D eigenvalue weighted by Gasteiger charge is -2.08. The molecular formula is C13H10BrFN2O2. The van der Waals surface area contributed by atoms with Crippen LogP contribution in [0.3, 0.4) is 0 Å². The Kier molecular flexibility index (Phi) is 3.80. The van der Waals surface area contributed by atoms with Crippen LogP contribution in [0.1, 0.15) is 5.56 Å². The fraction of sp³-hybridized carbons (Fsp3) is 0.0769. The number of non-ortho nitro benzene ring substituents is 1. The summed E-state index contributed by atoms with van der Waals surface area (Å²) in [6.07, 6.45) is 0. The second kappa shape index (κ2) is 5.36. The van der Waals surface area contributed by atoms with Gasteiger partial charge in [-0.1, -0.05) is 15.9 Å². The number of hydrogen-bond acceptors (Lipinski definition) is 3. The minimum absolute atomic E-state index is 0.281. The van der Waals surface area contributed by atoms with E-state index in [0.717, 1.165) is 21.8 Å². The third-order valence-electron chi connectivity index (χ3n) is 2.54. The molecule has 4 nitrogen and oxygen atoms in total. The number of nitro groups is 1. The van der Waals surface area contributed by atoms with E-state index in [9.17, 15) is 14.5 Å². The van der Waals surface area contributed by atoms with Gasteiger partial charge in [0.2, 0.25) is 0 Å². The lowest BCUT2D eigenvalue weighted by Crippen LogP contribution is -1.95. The fourth-order valence-corrected chi connectivity index (χ4v) is 1.89. The van der Waals surface area contributed by atoms with Gasteiger partial charge >= 0.3 is 0 Å². The van der Waals surface area contributed by atoms with Gasteiger partial charge in [-0.15, -0.1) is 0 Å². The van der Waals surface area contributed by atoms with E-state index in [4.69, 9.17) is 0 Å². The van der Waals surface area contributed by atoms with Gasteiger partial charge in [-0.25, -0.2) is 4.39 Å². The van der Waals surface area contributed by atoms with E-state index >= 15 is 0 Å². The number of hydrogen-bond donors (Lipinski definition) is 1. The highest BCUT2D eigenvalue weighted by atomic mass is 79.9. The lowest BCUT2D eigenvalue weighted by atomic mass is 10.2. The number of rotatable bonds is 3. The summed E-state index contributed by atoms with van der Waals surface area (Å²) in [5.74, 6) is -0.648. The van der Waals surface area contributed by atoms with Gasteiger partial charge in [-0.2, -0.15) is 0 Å². The predicted octanol–water partition coefficient (Wildman–Crippen LogP) is 4.55. The molecule has 0 aromatic heterocycles. The molecule has 98 valence electrons. The van der Waals surface area contributed by atoms with Crippen LogP contribution in [0.4, 0.5) is 21.5 Å². The minimum Gasteiger partial charge on any atom is -0.355 e. The standard InChI is InChI=1S/C13H10BrFN2O2/c1-8-4-10(2-3-13(8)14)16-11-5-9(15)6-12(7-11)17(18)19/h2-7,16H,1H3. The monoisotopic (exact) mass is 324 g/mol. The normalized spacial score (nSPS) is 10.3. The predicted molar refractivity (Wildman–Crippen MR) is 75.2 cm³/mol. The van der Waals surface area contributed by atoms with Crippen LogP contribution >= 0.6 is 15.9 Å². The number of aryl methyl sites for hydroxylation is 1. The molecule has 2 aromatic carbocycles. The van der Waals surface area contributed by atoms with Crippen LogP contribution in [0, 0.1) is 22.9 Å². The van der Waals surface area contributed by atoms with Gasteiger partial charge in [0.25, 0.3) is 5.69 Å². The first-order valence-electron chi connectivity index (χ1n) is 5.44. The quantitative estimate of drug-likeness (QED) is 0.665. The van der Waals surface area contributed by atoms with Crippen LogP contribution in [-0.2, 0) is 0 Å². The second-order valence-corrected chi connectivity index (χ2v) is 4.90. The average Bonchev–Trinajstić information content (AvgIpc) is 2.33. The Bertz CT molecular complexity index is 647. The number of nitro benzene ring substituents is 1. The van der Waals surface area contributed by atoms with E-state index in [1.165, 1.54) is 12.1 Å². The largest absolute Gasteiger partial charge is 0.355 e. The summed E-state index contributed by atoms with van der Waals surface area (Å²) < 4.78 is 14.2. The Morgan fingerprint density at radius 2 is 1.95 bits per heavy atom. The molecule has 0 aliphatic carbocycles. The Hall–Kier alpha value is -1.95. The van der Waals surface area contributed by atoms with Crippen molar-refractivity contribution in [2.24, 2.45) is 0 Å². The summed E-state index contributed by atoms with van der Waals surface area (Å²) in [7, 11) is 0. The minimum atomic E-state index is -0.648. The molecule has 0 amide bonds. The number of halogens is 2. The number of nitrogens with zero attached hydrogens (tertiary/aromatic N) is 1. The first-order valence-corrected chi connectivity index (χ1v) is 6.23. The summed E-state index contributed by atoms with van der Waals surface area (Å²) in [4.78, 5) is 10.0. The molecule has 0 bridgehead atoms. The van der Waals surface area contributed by atoms with E-state index in [1.807, 2.05) is 19.1 Å². The first kappa shape index (κ1) is 13.5. The maximum absolute atomic E-state index is 13.3. The van der Waals surface area contributed by atoms with E-state index in [2.05, 4.69) is 21.2 Å². The topological polar surface area (TPSA) is 55.2 Å². The number of anilines is 2. The van der Waals surface area contributed by atoms with E-state index in [-0.39, 0.29) is 5.69 Å². The molecular weight excluding hydrogens is 315 g/mol. The van der Waals surface area contributed by atoms with Crippen LogP contribution in [0.5, 0.6) is 0 Å². The van der Waals surface area contributed by atoms with Crippen molar-refractivity contribution < 1.29 is 9.31 Å². The average molecular weight is 325 g/mol. The zero-order valence-electron chi connectivity index (χ0n) is 9.98. The summed E-state index contributed by atoms with van der Waals surface area (Å²) in [6.45, 7) is 1.92. The summed E-state index contributed by atoms with van der Waals surface area (Å²) >= 11 is 3.38. The molecule has 0 aliphatic heterocycles. The Morgan fingerprint density at radius 3 is 2.58 bits per heavy atom. The van der Waals surface area contributed by atoms with Crippen molar-refractivity contribution in [3.8, 4) is 0 Å². The highest BCUT2D eigenvalue weighted by Gasteiger charge is 2.10. The van der Waals surface area contributed by atoms with E-state index in [0.29, 0.717) is 5.69 Å². The molecule has 0 unspecified atom stereocenters. The molecule has 0 spiro atoms. The smallest absolute Gasteiger partial charge is 0.274 e. The van der Waals surface area contributed by atoms with Crippen molar-refractivity contribution in [3.63, 3.8) is 0 Å². The molecule has 0 aliphatic rings.